The molecule has 0 spiro atoms. The second kappa shape index (κ2) is 7.37. The third-order valence-corrected chi connectivity index (χ3v) is 4.90. The molecule has 2 atom stereocenters. The molecule has 0 radical (unpaired) electrons. The first-order valence-electron chi connectivity index (χ1n) is 8.90. The summed E-state index contributed by atoms with van der Waals surface area (Å²) in [5.41, 5.74) is 1.55. The summed E-state index contributed by atoms with van der Waals surface area (Å²) in [6.45, 7) is 3.39. The highest BCUT2D eigenvalue weighted by atomic mass is 16.5. The van der Waals surface area contributed by atoms with Crippen LogP contribution in [0.2, 0.25) is 0 Å². The number of rotatable bonds is 5. The van der Waals surface area contributed by atoms with Gasteiger partial charge in [0.1, 0.15) is 6.26 Å². The monoisotopic (exact) mass is 341 g/mol. The van der Waals surface area contributed by atoms with Crippen molar-refractivity contribution in [2.75, 3.05) is 26.2 Å². The van der Waals surface area contributed by atoms with Gasteiger partial charge >= 0.3 is 0 Å². The van der Waals surface area contributed by atoms with E-state index in [0.29, 0.717) is 24.2 Å². The number of aromatic nitrogens is 1. The summed E-state index contributed by atoms with van der Waals surface area (Å²) < 4.78 is 11.3. The number of fused-ring (bicyclic) bond motifs is 1. The zero-order valence-corrected chi connectivity index (χ0v) is 14.2. The van der Waals surface area contributed by atoms with E-state index in [4.69, 9.17) is 9.15 Å². The summed E-state index contributed by atoms with van der Waals surface area (Å²) in [5.74, 6) is 0.485. The molecular weight excluding hydrogens is 318 g/mol. The molecule has 1 N–H and O–H groups in total. The molecule has 2 aliphatic heterocycles. The van der Waals surface area contributed by atoms with Crippen molar-refractivity contribution in [1.82, 2.24) is 15.2 Å². The van der Waals surface area contributed by atoms with Crippen LogP contribution in [-0.4, -0.2) is 54.2 Å². The quantitative estimate of drug-likeness (QED) is 0.899. The van der Waals surface area contributed by atoms with Gasteiger partial charge < -0.3 is 14.5 Å². The minimum Gasteiger partial charge on any atom is -0.444 e. The number of nitrogens with one attached hydrogen (secondary N) is 1. The van der Waals surface area contributed by atoms with Crippen LogP contribution in [0, 0.1) is 0 Å². The molecule has 0 saturated carbocycles. The Kier molecular flexibility index (Phi) is 4.81. The van der Waals surface area contributed by atoms with E-state index in [2.05, 4.69) is 15.2 Å². The lowest BCUT2D eigenvalue weighted by molar-refractivity contribution is -0.122. The number of benzene rings is 1. The van der Waals surface area contributed by atoms with Gasteiger partial charge in [-0.2, -0.15) is 0 Å². The number of amides is 1. The van der Waals surface area contributed by atoms with Crippen LogP contribution >= 0.6 is 0 Å². The minimum atomic E-state index is -0.0555. The van der Waals surface area contributed by atoms with Gasteiger partial charge in [0.2, 0.25) is 11.8 Å². The standard InChI is InChI=1S/C19H23N3O3/c23-18(20-10-17-11-22-8-4-7-16(22)13-24-17)9-15-12-25-19(21-15)14-5-2-1-3-6-14/h1-3,5-6,12,16-17H,4,7-11,13H2,(H,20,23)/t16-,17-/m0/s1. The van der Waals surface area contributed by atoms with Gasteiger partial charge in [0, 0.05) is 24.7 Å². The predicted molar refractivity (Wildman–Crippen MR) is 93.0 cm³/mol. The van der Waals surface area contributed by atoms with Gasteiger partial charge in [0.15, 0.2) is 0 Å². The maximum atomic E-state index is 12.2. The highest BCUT2D eigenvalue weighted by molar-refractivity contribution is 5.78. The fraction of sp³-hybridized carbons (Fsp3) is 0.474. The molecule has 2 aliphatic rings. The Hall–Kier alpha value is -2.18. The van der Waals surface area contributed by atoms with Crippen molar-refractivity contribution in [2.24, 2.45) is 0 Å². The molecule has 25 heavy (non-hydrogen) atoms. The summed E-state index contributed by atoms with van der Waals surface area (Å²) >= 11 is 0. The second-order valence-electron chi connectivity index (χ2n) is 6.74. The van der Waals surface area contributed by atoms with Crippen molar-refractivity contribution in [3.63, 3.8) is 0 Å². The molecule has 4 rings (SSSR count). The fourth-order valence-electron chi connectivity index (χ4n) is 3.57. The molecule has 2 aromatic rings. The minimum absolute atomic E-state index is 0.0555. The van der Waals surface area contributed by atoms with Crippen LogP contribution in [0.4, 0.5) is 0 Å². The van der Waals surface area contributed by atoms with Gasteiger partial charge in [0.05, 0.1) is 24.8 Å². The molecule has 1 aromatic carbocycles. The molecule has 2 fully saturated rings. The first kappa shape index (κ1) is 16.3. The Labute approximate surface area is 147 Å². The van der Waals surface area contributed by atoms with Gasteiger partial charge in [-0.25, -0.2) is 4.98 Å². The second-order valence-corrected chi connectivity index (χ2v) is 6.74. The number of hydrogen-bond acceptors (Lipinski definition) is 5. The Morgan fingerprint density at radius 3 is 3.08 bits per heavy atom. The number of ether oxygens (including phenoxy) is 1. The summed E-state index contributed by atoms with van der Waals surface area (Å²) in [6, 6.07) is 10.3. The maximum absolute atomic E-state index is 12.2. The van der Waals surface area contributed by atoms with Crippen molar-refractivity contribution in [3.05, 3.63) is 42.3 Å². The summed E-state index contributed by atoms with van der Waals surface area (Å²) in [6.07, 6.45) is 4.33. The van der Waals surface area contributed by atoms with Crippen molar-refractivity contribution < 1.29 is 13.9 Å². The smallest absolute Gasteiger partial charge is 0.226 e. The summed E-state index contributed by atoms with van der Waals surface area (Å²) in [5, 5.41) is 2.96. The molecule has 3 heterocycles. The van der Waals surface area contributed by atoms with E-state index in [0.717, 1.165) is 25.3 Å². The molecule has 132 valence electrons. The van der Waals surface area contributed by atoms with E-state index in [1.54, 1.807) is 6.26 Å². The van der Waals surface area contributed by atoms with Crippen LogP contribution in [0.15, 0.2) is 41.0 Å². The lowest BCUT2D eigenvalue weighted by Crippen LogP contribution is -2.50. The van der Waals surface area contributed by atoms with E-state index in [9.17, 15) is 4.79 Å². The largest absolute Gasteiger partial charge is 0.444 e. The SMILES string of the molecule is O=C(Cc1coc(-c2ccccc2)n1)NC[C@H]1CN2CCC[C@H]2CO1. The van der Waals surface area contributed by atoms with Crippen molar-refractivity contribution in [3.8, 4) is 11.5 Å². The average molecular weight is 341 g/mol. The van der Waals surface area contributed by atoms with Gasteiger partial charge in [-0.05, 0) is 31.5 Å². The first-order chi connectivity index (χ1) is 12.3. The van der Waals surface area contributed by atoms with Crippen molar-refractivity contribution >= 4 is 5.91 Å². The van der Waals surface area contributed by atoms with Crippen molar-refractivity contribution in [1.29, 1.82) is 0 Å². The Morgan fingerprint density at radius 1 is 1.32 bits per heavy atom. The van der Waals surface area contributed by atoms with Gasteiger partial charge in [-0.1, -0.05) is 18.2 Å². The molecule has 1 amide bonds. The summed E-state index contributed by atoms with van der Waals surface area (Å²) in [4.78, 5) is 19.0. The Balaban J connectivity index is 1.26. The molecule has 0 unspecified atom stereocenters. The Bertz CT molecular complexity index is 716. The number of carbonyl (C=O) groups is 1. The molecule has 0 bridgehead atoms. The number of carbonyl (C=O) groups excluding carboxylic acids is 1. The van der Waals surface area contributed by atoms with Gasteiger partial charge in [-0.15, -0.1) is 0 Å². The number of nitrogens with zero attached hydrogens (tertiary/aromatic N) is 2. The highest BCUT2D eigenvalue weighted by Gasteiger charge is 2.32. The molecule has 1 aromatic heterocycles. The molecular formula is C19H23N3O3. The third-order valence-electron chi connectivity index (χ3n) is 4.90. The number of hydrogen-bond donors (Lipinski definition) is 1. The predicted octanol–water partition coefficient (Wildman–Crippen LogP) is 1.86. The zero-order valence-electron chi connectivity index (χ0n) is 14.2. The lowest BCUT2D eigenvalue weighted by atomic mass is 10.2. The molecule has 2 saturated heterocycles. The van der Waals surface area contributed by atoms with Crippen LogP contribution in [0.3, 0.4) is 0 Å². The molecule has 6 nitrogen and oxygen atoms in total. The first-order valence-corrected chi connectivity index (χ1v) is 8.90. The molecule has 0 aliphatic carbocycles. The summed E-state index contributed by atoms with van der Waals surface area (Å²) in [7, 11) is 0. The average Bonchev–Trinajstić information content (AvgIpc) is 3.29. The Morgan fingerprint density at radius 2 is 2.20 bits per heavy atom. The number of oxazole rings is 1. The fourth-order valence-corrected chi connectivity index (χ4v) is 3.57. The maximum Gasteiger partial charge on any atom is 0.226 e. The normalized spacial score (nSPS) is 23.4. The van der Waals surface area contributed by atoms with Gasteiger partial charge in [0.25, 0.3) is 0 Å². The van der Waals surface area contributed by atoms with E-state index in [1.807, 2.05) is 30.3 Å². The van der Waals surface area contributed by atoms with E-state index < -0.39 is 0 Å². The number of morpholine rings is 1. The van der Waals surface area contributed by atoms with Crippen LogP contribution in [-0.2, 0) is 16.0 Å². The van der Waals surface area contributed by atoms with Crippen molar-refractivity contribution in [2.45, 2.75) is 31.4 Å². The van der Waals surface area contributed by atoms with Gasteiger partial charge in [-0.3, -0.25) is 9.69 Å². The van der Waals surface area contributed by atoms with Crippen LogP contribution in [0.1, 0.15) is 18.5 Å². The topological polar surface area (TPSA) is 67.6 Å². The zero-order chi connectivity index (χ0) is 17.1. The van der Waals surface area contributed by atoms with Crippen LogP contribution in [0.5, 0.6) is 0 Å². The van der Waals surface area contributed by atoms with E-state index >= 15 is 0 Å². The highest BCUT2D eigenvalue weighted by Crippen LogP contribution is 2.22. The van der Waals surface area contributed by atoms with E-state index in [-0.39, 0.29) is 18.4 Å². The van der Waals surface area contributed by atoms with E-state index in [1.165, 1.54) is 12.8 Å². The molecule has 6 heteroatoms. The third kappa shape index (κ3) is 3.91. The van der Waals surface area contributed by atoms with Crippen LogP contribution in [0.25, 0.3) is 11.5 Å². The lowest BCUT2D eigenvalue weighted by Gasteiger charge is -2.35. The van der Waals surface area contributed by atoms with Crippen LogP contribution < -0.4 is 5.32 Å².